The molecule has 1 aromatic rings. The van der Waals surface area contributed by atoms with E-state index in [4.69, 9.17) is 9.47 Å². The molecule has 0 saturated carbocycles. The number of hydrogen-bond donors (Lipinski definition) is 1. The molecule has 0 radical (unpaired) electrons. The molecule has 6 heteroatoms. The van der Waals surface area contributed by atoms with Crippen molar-refractivity contribution in [3.05, 3.63) is 29.8 Å². The Morgan fingerprint density at radius 2 is 1.45 bits per heavy atom. The zero-order chi connectivity index (χ0) is 22.9. The third kappa shape index (κ3) is 11.6. The van der Waals surface area contributed by atoms with Crippen LogP contribution in [-0.4, -0.2) is 37.4 Å². The van der Waals surface area contributed by atoms with Gasteiger partial charge in [0.05, 0.1) is 13.7 Å². The second-order valence-electron chi connectivity index (χ2n) is 7.81. The maximum Gasteiger partial charge on any atom is 0.329 e. The van der Waals surface area contributed by atoms with Crippen molar-refractivity contribution in [2.24, 2.45) is 0 Å². The second kappa shape index (κ2) is 16.3. The normalized spacial score (nSPS) is 11.6. The topological polar surface area (TPSA) is 81.7 Å². The Morgan fingerprint density at radius 3 is 2.00 bits per heavy atom. The molecule has 0 aromatic heterocycles. The van der Waals surface area contributed by atoms with Gasteiger partial charge in [0, 0.05) is 18.4 Å². The number of carbonyl (C=O) groups is 3. The van der Waals surface area contributed by atoms with Gasteiger partial charge in [-0.2, -0.15) is 0 Å². The molecule has 0 aliphatic rings. The summed E-state index contributed by atoms with van der Waals surface area (Å²) in [4.78, 5) is 37.2. The molecule has 0 aliphatic heterocycles. The van der Waals surface area contributed by atoms with Crippen molar-refractivity contribution in [3.63, 3.8) is 0 Å². The van der Waals surface area contributed by atoms with Crippen LogP contribution in [0.15, 0.2) is 24.3 Å². The minimum atomic E-state index is -0.972. The second-order valence-corrected chi connectivity index (χ2v) is 7.81. The molecule has 1 rings (SSSR count). The lowest BCUT2D eigenvalue weighted by Gasteiger charge is -2.17. The van der Waals surface area contributed by atoms with E-state index in [1.807, 2.05) is 0 Å². The van der Waals surface area contributed by atoms with Crippen LogP contribution in [0.25, 0.3) is 0 Å². The maximum absolute atomic E-state index is 12.6. The summed E-state index contributed by atoms with van der Waals surface area (Å²) in [5, 5.41) is 2.69. The number of unbranched alkanes of at least 4 members (excludes halogenated alkanes) is 8. The van der Waals surface area contributed by atoms with Gasteiger partial charge < -0.3 is 14.8 Å². The molecule has 0 saturated heterocycles. The fourth-order valence-electron chi connectivity index (χ4n) is 3.38. The van der Waals surface area contributed by atoms with Gasteiger partial charge >= 0.3 is 5.97 Å². The van der Waals surface area contributed by atoms with Crippen LogP contribution in [0, 0.1) is 0 Å². The van der Waals surface area contributed by atoms with E-state index in [2.05, 4.69) is 12.2 Å². The van der Waals surface area contributed by atoms with Crippen molar-refractivity contribution in [2.75, 3.05) is 13.7 Å². The molecule has 1 amide bonds. The third-order valence-electron chi connectivity index (χ3n) is 5.22. The van der Waals surface area contributed by atoms with Crippen LogP contribution < -0.4 is 10.1 Å². The van der Waals surface area contributed by atoms with E-state index < -0.39 is 12.0 Å². The van der Waals surface area contributed by atoms with Crippen molar-refractivity contribution < 1.29 is 23.9 Å². The van der Waals surface area contributed by atoms with E-state index in [-0.39, 0.29) is 24.7 Å². The monoisotopic (exact) mass is 433 g/mol. The van der Waals surface area contributed by atoms with Gasteiger partial charge in [-0.25, -0.2) is 4.79 Å². The quantitative estimate of drug-likeness (QED) is 0.206. The summed E-state index contributed by atoms with van der Waals surface area (Å²) in [6, 6.07) is 5.70. The minimum absolute atomic E-state index is 0.130. The number of ketones is 1. The van der Waals surface area contributed by atoms with E-state index in [9.17, 15) is 14.4 Å². The van der Waals surface area contributed by atoms with Gasteiger partial charge in [0.2, 0.25) is 5.91 Å². The molecule has 31 heavy (non-hydrogen) atoms. The van der Waals surface area contributed by atoms with Crippen molar-refractivity contribution in [1.82, 2.24) is 5.32 Å². The SMILES string of the molecule is CCCCCCCCCCCC(=O)N[C@@H](CC(=O)c1ccc(OC)cc1)C(=O)OCC. The summed E-state index contributed by atoms with van der Waals surface area (Å²) in [5.74, 6) is -0.384. The first-order valence-corrected chi connectivity index (χ1v) is 11.6. The van der Waals surface area contributed by atoms with Crippen LogP contribution in [0.3, 0.4) is 0 Å². The first-order valence-electron chi connectivity index (χ1n) is 11.6. The Morgan fingerprint density at radius 1 is 0.871 bits per heavy atom. The fraction of sp³-hybridized carbons (Fsp3) is 0.640. The molecule has 6 nitrogen and oxygen atoms in total. The van der Waals surface area contributed by atoms with E-state index in [0.717, 1.165) is 19.3 Å². The average Bonchev–Trinajstić information content (AvgIpc) is 2.77. The lowest BCUT2D eigenvalue weighted by atomic mass is 10.0. The summed E-state index contributed by atoms with van der Waals surface area (Å²) in [6.07, 6.45) is 10.7. The summed E-state index contributed by atoms with van der Waals surface area (Å²) < 4.78 is 10.1. The Kier molecular flexibility index (Phi) is 14.1. The molecule has 0 unspecified atom stereocenters. The Hall–Kier alpha value is -2.37. The highest BCUT2D eigenvalue weighted by Crippen LogP contribution is 2.14. The number of hydrogen-bond acceptors (Lipinski definition) is 5. The number of carbonyl (C=O) groups excluding carboxylic acids is 3. The van der Waals surface area contributed by atoms with Gasteiger partial charge in [-0.3, -0.25) is 9.59 Å². The summed E-state index contributed by atoms with van der Waals surface area (Å²) >= 11 is 0. The third-order valence-corrected chi connectivity index (χ3v) is 5.22. The highest BCUT2D eigenvalue weighted by molar-refractivity contribution is 5.99. The van der Waals surface area contributed by atoms with Crippen LogP contribution in [0.1, 0.15) is 94.8 Å². The summed E-state index contributed by atoms with van der Waals surface area (Å²) in [7, 11) is 1.55. The number of rotatable bonds is 17. The zero-order valence-corrected chi connectivity index (χ0v) is 19.4. The van der Waals surface area contributed by atoms with Crippen LogP contribution in [0.5, 0.6) is 5.75 Å². The van der Waals surface area contributed by atoms with Crippen LogP contribution in [0.4, 0.5) is 0 Å². The van der Waals surface area contributed by atoms with Gasteiger partial charge in [-0.05, 0) is 37.6 Å². The Bertz CT molecular complexity index is 656. The van der Waals surface area contributed by atoms with E-state index in [1.54, 1.807) is 38.3 Å². The van der Waals surface area contributed by atoms with Crippen LogP contribution in [0.2, 0.25) is 0 Å². The van der Waals surface area contributed by atoms with Crippen molar-refractivity contribution >= 4 is 17.7 Å². The van der Waals surface area contributed by atoms with Gasteiger partial charge in [-0.1, -0.05) is 58.3 Å². The molecule has 174 valence electrons. The lowest BCUT2D eigenvalue weighted by Crippen LogP contribution is -2.43. The predicted octanol–water partition coefficient (Wildman–Crippen LogP) is 5.24. The number of esters is 1. The number of benzene rings is 1. The van der Waals surface area contributed by atoms with Crippen molar-refractivity contribution in [1.29, 1.82) is 0 Å². The number of nitrogens with one attached hydrogen (secondary N) is 1. The standard InChI is InChI=1S/C25H39NO5/c1-4-6-7-8-9-10-11-12-13-14-24(28)26-22(25(29)31-5-2)19-23(27)20-15-17-21(30-3)18-16-20/h15-18,22H,4-14,19H2,1-3H3,(H,26,28)/t22-/m0/s1. The molecule has 1 aromatic carbocycles. The molecular weight excluding hydrogens is 394 g/mol. The molecule has 0 aliphatic carbocycles. The predicted molar refractivity (Wildman–Crippen MR) is 122 cm³/mol. The van der Waals surface area contributed by atoms with Crippen molar-refractivity contribution in [2.45, 2.75) is 90.5 Å². The Labute approximate surface area is 187 Å². The van der Waals surface area contributed by atoms with E-state index in [0.29, 0.717) is 17.7 Å². The molecule has 0 bridgehead atoms. The molecule has 0 spiro atoms. The maximum atomic E-state index is 12.6. The van der Waals surface area contributed by atoms with Gasteiger partial charge in [0.25, 0.3) is 0 Å². The number of amides is 1. The Balaban J connectivity index is 2.43. The number of Topliss-reactive ketones (excluding diaryl/α,β-unsaturated/α-hetero) is 1. The van der Waals surface area contributed by atoms with E-state index in [1.165, 1.54) is 38.5 Å². The first-order chi connectivity index (χ1) is 15.0. The average molecular weight is 434 g/mol. The smallest absolute Gasteiger partial charge is 0.329 e. The molecule has 1 N–H and O–H groups in total. The summed E-state index contributed by atoms with van der Waals surface area (Å²) in [5.41, 5.74) is 0.461. The fourth-order valence-corrected chi connectivity index (χ4v) is 3.38. The molecule has 0 fully saturated rings. The van der Waals surface area contributed by atoms with E-state index >= 15 is 0 Å². The van der Waals surface area contributed by atoms with Gasteiger partial charge in [0.1, 0.15) is 11.8 Å². The number of ether oxygens (including phenoxy) is 2. The highest BCUT2D eigenvalue weighted by Gasteiger charge is 2.25. The molecule has 0 heterocycles. The van der Waals surface area contributed by atoms with Crippen LogP contribution in [-0.2, 0) is 14.3 Å². The largest absolute Gasteiger partial charge is 0.497 e. The highest BCUT2D eigenvalue weighted by atomic mass is 16.5. The van der Waals surface area contributed by atoms with Gasteiger partial charge in [-0.15, -0.1) is 0 Å². The van der Waals surface area contributed by atoms with Gasteiger partial charge in [0.15, 0.2) is 5.78 Å². The lowest BCUT2D eigenvalue weighted by molar-refractivity contribution is -0.147. The minimum Gasteiger partial charge on any atom is -0.497 e. The number of methoxy groups -OCH3 is 1. The summed E-state index contributed by atoms with van der Waals surface area (Å²) in [6.45, 7) is 4.11. The molecule has 1 atom stereocenters. The van der Waals surface area contributed by atoms with Crippen LogP contribution >= 0.6 is 0 Å². The molecular formula is C25H39NO5. The zero-order valence-electron chi connectivity index (χ0n) is 19.4. The first kappa shape index (κ1) is 26.7. The van der Waals surface area contributed by atoms with Crippen molar-refractivity contribution in [3.8, 4) is 5.75 Å².